The molecule has 1 unspecified atom stereocenters. The van der Waals surface area contributed by atoms with E-state index < -0.39 is 6.10 Å². The van der Waals surface area contributed by atoms with Gasteiger partial charge in [-0.05, 0) is 5.56 Å². The summed E-state index contributed by atoms with van der Waals surface area (Å²) >= 11 is 0. The van der Waals surface area contributed by atoms with E-state index in [0.29, 0.717) is 24.6 Å². The number of rotatable bonds is 6. The first-order valence-corrected chi connectivity index (χ1v) is 6.01. The largest absolute Gasteiger partial charge is 0.409 e. The first-order valence-electron chi connectivity index (χ1n) is 6.01. The Morgan fingerprint density at radius 3 is 2.67 bits per heavy atom. The summed E-state index contributed by atoms with van der Waals surface area (Å²) in [5.74, 6) is 0.0645. The summed E-state index contributed by atoms with van der Waals surface area (Å²) in [7, 11) is 0. The van der Waals surface area contributed by atoms with Crippen LogP contribution in [0, 0.1) is 0 Å². The number of nitrogens with one attached hydrogen (secondary N) is 1. The van der Waals surface area contributed by atoms with E-state index in [0.717, 1.165) is 5.56 Å². The van der Waals surface area contributed by atoms with Gasteiger partial charge >= 0.3 is 0 Å². The van der Waals surface area contributed by atoms with Crippen LogP contribution in [-0.2, 0) is 6.42 Å². The van der Waals surface area contributed by atoms with Crippen LogP contribution >= 0.6 is 0 Å². The molecule has 0 heterocycles. The van der Waals surface area contributed by atoms with Crippen LogP contribution in [0.25, 0.3) is 0 Å². The van der Waals surface area contributed by atoms with Crippen molar-refractivity contribution in [3.05, 3.63) is 35.4 Å². The minimum absolute atomic E-state index is 0.0645. The molecular weight excluding hydrogens is 230 g/mol. The fraction of sp³-hybridized carbons (Fsp3) is 0.462. The Morgan fingerprint density at radius 1 is 1.39 bits per heavy atom. The van der Waals surface area contributed by atoms with Crippen molar-refractivity contribution < 1.29 is 10.3 Å². The zero-order chi connectivity index (χ0) is 13.5. The van der Waals surface area contributed by atoms with E-state index >= 15 is 0 Å². The Labute approximate surface area is 107 Å². The molecule has 0 spiro atoms. The minimum Gasteiger partial charge on any atom is -0.409 e. The molecule has 5 N–H and O–H groups in total. The molecule has 1 aromatic carbocycles. The molecule has 0 aliphatic rings. The molecule has 18 heavy (non-hydrogen) atoms. The lowest BCUT2D eigenvalue weighted by Gasteiger charge is -2.15. The highest BCUT2D eigenvalue weighted by Gasteiger charge is 2.11. The molecule has 0 aliphatic carbocycles. The summed E-state index contributed by atoms with van der Waals surface area (Å²) in [6.45, 7) is 4.57. The number of aliphatic hydroxyl groups excluding tert-OH is 1. The average Bonchev–Trinajstić information content (AvgIpc) is 2.36. The van der Waals surface area contributed by atoms with Gasteiger partial charge < -0.3 is 21.4 Å². The molecule has 5 heteroatoms. The third kappa shape index (κ3) is 4.35. The van der Waals surface area contributed by atoms with Crippen LogP contribution in [0.3, 0.4) is 0 Å². The molecule has 0 saturated carbocycles. The zero-order valence-corrected chi connectivity index (χ0v) is 10.8. The summed E-state index contributed by atoms with van der Waals surface area (Å²) in [5, 5.41) is 24.8. The van der Waals surface area contributed by atoms with Gasteiger partial charge in [0.2, 0.25) is 0 Å². The minimum atomic E-state index is -0.500. The van der Waals surface area contributed by atoms with Crippen LogP contribution in [0.1, 0.15) is 25.0 Å². The standard InChI is InChI=1S/C13H21N3O2/c1-9(2)15-8-11(17)7-10-5-3-4-6-12(10)13(14)16-18/h3-6,9,11,15,17-18H,7-8H2,1-2H3,(H2,14,16). The molecule has 0 bridgehead atoms. The van der Waals surface area contributed by atoms with Crippen molar-refractivity contribution in [3.63, 3.8) is 0 Å². The van der Waals surface area contributed by atoms with Crippen LogP contribution in [0.2, 0.25) is 0 Å². The number of oxime groups is 1. The molecule has 0 aromatic heterocycles. The fourth-order valence-corrected chi connectivity index (χ4v) is 1.70. The highest BCUT2D eigenvalue weighted by Crippen LogP contribution is 2.11. The van der Waals surface area contributed by atoms with Crippen LogP contribution in [-0.4, -0.2) is 34.8 Å². The molecule has 1 aromatic rings. The van der Waals surface area contributed by atoms with E-state index in [-0.39, 0.29) is 5.84 Å². The van der Waals surface area contributed by atoms with E-state index in [9.17, 15) is 5.11 Å². The van der Waals surface area contributed by atoms with Gasteiger partial charge in [-0.2, -0.15) is 0 Å². The van der Waals surface area contributed by atoms with Gasteiger partial charge in [0.25, 0.3) is 0 Å². The van der Waals surface area contributed by atoms with Crippen molar-refractivity contribution in [2.45, 2.75) is 32.4 Å². The van der Waals surface area contributed by atoms with Gasteiger partial charge in [0.1, 0.15) is 0 Å². The number of amidine groups is 1. The van der Waals surface area contributed by atoms with Gasteiger partial charge in [-0.3, -0.25) is 0 Å². The Morgan fingerprint density at radius 2 is 2.06 bits per heavy atom. The summed E-state index contributed by atoms with van der Waals surface area (Å²) in [6.07, 6.45) is -0.0356. The molecule has 0 radical (unpaired) electrons. The summed E-state index contributed by atoms with van der Waals surface area (Å²) < 4.78 is 0. The number of hydrogen-bond donors (Lipinski definition) is 4. The van der Waals surface area contributed by atoms with E-state index in [1.807, 2.05) is 32.0 Å². The van der Waals surface area contributed by atoms with Crippen molar-refractivity contribution >= 4 is 5.84 Å². The van der Waals surface area contributed by atoms with Gasteiger partial charge in [0.15, 0.2) is 5.84 Å². The van der Waals surface area contributed by atoms with Crippen molar-refractivity contribution in [1.29, 1.82) is 0 Å². The highest BCUT2D eigenvalue weighted by molar-refractivity contribution is 5.98. The highest BCUT2D eigenvalue weighted by atomic mass is 16.4. The van der Waals surface area contributed by atoms with Crippen LogP contribution in [0.5, 0.6) is 0 Å². The number of benzene rings is 1. The molecule has 5 nitrogen and oxygen atoms in total. The molecule has 0 amide bonds. The molecule has 0 saturated heterocycles. The van der Waals surface area contributed by atoms with Crippen LogP contribution in [0.15, 0.2) is 29.4 Å². The topological polar surface area (TPSA) is 90.9 Å². The van der Waals surface area contributed by atoms with Gasteiger partial charge in [0, 0.05) is 24.6 Å². The second-order valence-corrected chi connectivity index (χ2v) is 4.56. The average molecular weight is 251 g/mol. The lowest BCUT2D eigenvalue weighted by molar-refractivity contribution is 0.169. The maximum absolute atomic E-state index is 9.92. The van der Waals surface area contributed by atoms with Gasteiger partial charge in [-0.15, -0.1) is 0 Å². The molecule has 100 valence electrons. The van der Waals surface area contributed by atoms with Crippen molar-refractivity contribution in [1.82, 2.24) is 5.32 Å². The predicted molar refractivity (Wildman–Crippen MR) is 71.8 cm³/mol. The fourth-order valence-electron chi connectivity index (χ4n) is 1.70. The van der Waals surface area contributed by atoms with Gasteiger partial charge in [-0.25, -0.2) is 0 Å². The SMILES string of the molecule is CC(C)NCC(O)Cc1ccccc1C(N)=NO. The number of aliphatic hydroxyl groups is 1. The zero-order valence-electron chi connectivity index (χ0n) is 10.8. The normalized spacial score (nSPS) is 13.9. The second-order valence-electron chi connectivity index (χ2n) is 4.56. The van der Waals surface area contributed by atoms with E-state index in [1.165, 1.54) is 0 Å². The summed E-state index contributed by atoms with van der Waals surface area (Å²) in [5.41, 5.74) is 7.12. The molecule has 1 rings (SSSR count). The lowest BCUT2D eigenvalue weighted by Crippen LogP contribution is -2.33. The Hall–Kier alpha value is -1.59. The van der Waals surface area contributed by atoms with E-state index in [4.69, 9.17) is 10.9 Å². The quantitative estimate of drug-likeness (QED) is 0.259. The molecule has 0 fully saturated rings. The predicted octanol–water partition coefficient (Wildman–Crippen LogP) is 0.682. The lowest BCUT2D eigenvalue weighted by atomic mass is 10.0. The van der Waals surface area contributed by atoms with Crippen LogP contribution < -0.4 is 11.1 Å². The number of hydrogen-bond acceptors (Lipinski definition) is 4. The second kappa shape index (κ2) is 6.98. The molecular formula is C13H21N3O2. The summed E-state index contributed by atoms with van der Waals surface area (Å²) in [6, 6.07) is 7.65. The molecule has 0 aliphatic heterocycles. The van der Waals surface area contributed by atoms with Crippen molar-refractivity contribution in [2.75, 3.05) is 6.54 Å². The first kappa shape index (κ1) is 14.5. The number of nitrogens with zero attached hydrogens (tertiary/aromatic N) is 1. The van der Waals surface area contributed by atoms with E-state index in [1.54, 1.807) is 6.07 Å². The Balaban J connectivity index is 2.72. The maximum Gasteiger partial charge on any atom is 0.170 e. The van der Waals surface area contributed by atoms with E-state index in [2.05, 4.69) is 10.5 Å². The van der Waals surface area contributed by atoms with Crippen LogP contribution in [0.4, 0.5) is 0 Å². The first-order chi connectivity index (χ1) is 8.54. The molecule has 1 atom stereocenters. The Bertz CT molecular complexity index is 405. The monoisotopic (exact) mass is 251 g/mol. The summed E-state index contributed by atoms with van der Waals surface area (Å²) in [4.78, 5) is 0. The smallest absolute Gasteiger partial charge is 0.170 e. The third-order valence-corrected chi connectivity index (χ3v) is 2.62. The van der Waals surface area contributed by atoms with Gasteiger partial charge in [0.05, 0.1) is 6.10 Å². The van der Waals surface area contributed by atoms with Crippen molar-refractivity contribution in [3.8, 4) is 0 Å². The maximum atomic E-state index is 9.92. The van der Waals surface area contributed by atoms with Crippen molar-refractivity contribution in [2.24, 2.45) is 10.9 Å². The third-order valence-electron chi connectivity index (χ3n) is 2.62. The van der Waals surface area contributed by atoms with Gasteiger partial charge in [-0.1, -0.05) is 43.3 Å². The Kier molecular flexibility index (Phi) is 5.61. The number of nitrogens with two attached hydrogens (primary N) is 1.